The molecular formula is C13H12F3N3O2. The second-order valence-corrected chi connectivity index (χ2v) is 4.34. The fourth-order valence-corrected chi connectivity index (χ4v) is 1.92. The fraction of sp³-hybridized carbons (Fsp3) is 0.231. The lowest BCUT2D eigenvalue weighted by atomic mass is 10.2. The Morgan fingerprint density at radius 3 is 2.71 bits per heavy atom. The zero-order chi connectivity index (χ0) is 15.8. The van der Waals surface area contributed by atoms with Gasteiger partial charge in [0.2, 0.25) is 5.88 Å². The smallest absolute Gasteiger partial charge is 0.416 e. The molecule has 2 aromatic heterocycles. The Kier molecular flexibility index (Phi) is 3.63. The number of aromatic nitrogens is 3. The Morgan fingerprint density at radius 1 is 1.48 bits per heavy atom. The van der Waals surface area contributed by atoms with E-state index >= 15 is 0 Å². The van der Waals surface area contributed by atoms with Gasteiger partial charge in [-0.05, 0) is 12.1 Å². The van der Waals surface area contributed by atoms with E-state index in [1.807, 2.05) is 0 Å². The van der Waals surface area contributed by atoms with Crippen LogP contribution in [0.25, 0.3) is 5.82 Å². The molecule has 5 nitrogen and oxygen atoms in total. The number of nitrogens with zero attached hydrogens (tertiary/aromatic N) is 3. The maximum absolute atomic E-state index is 12.7. The highest BCUT2D eigenvalue weighted by atomic mass is 19.4. The van der Waals surface area contributed by atoms with Crippen molar-refractivity contribution < 1.29 is 18.3 Å². The standard InChI is InChI=1S/C13H12F3N3O2/c1-3-4-9-11(20)19(12(21)18(9)2)10-7-8(5-6-17-10)13(14,15)16/h3,5-7,20H,1,4H2,2H3. The largest absolute Gasteiger partial charge is 0.493 e. The van der Waals surface area contributed by atoms with E-state index in [0.29, 0.717) is 6.07 Å². The minimum Gasteiger partial charge on any atom is -0.493 e. The molecule has 0 radical (unpaired) electrons. The Hall–Kier alpha value is -2.51. The summed E-state index contributed by atoms with van der Waals surface area (Å²) < 4.78 is 39.9. The van der Waals surface area contributed by atoms with Crippen molar-refractivity contribution in [1.82, 2.24) is 14.1 Å². The molecule has 1 N–H and O–H groups in total. The molecule has 0 saturated carbocycles. The molecule has 0 fully saturated rings. The summed E-state index contributed by atoms with van der Waals surface area (Å²) in [7, 11) is 1.41. The lowest BCUT2D eigenvalue weighted by Gasteiger charge is -2.08. The molecule has 2 aromatic rings. The number of halogens is 3. The van der Waals surface area contributed by atoms with Crippen molar-refractivity contribution in [3.63, 3.8) is 0 Å². The second kappa shape index (κ2) is 5.12. The van der Waals surface area contributed by atoms with Crippen LogP contribution in [-0.2, 0) is 19.6 Å². The molecule has 0 atom stereocenters. The minimum atomic E-state index is -4.56. The number of aromatic hydroxyl groups is 1. The molecule has 0 aliphatic rings. The van der Waals surface area contributed by atoms with Crippen LogP contribution in [0.2, 0.25) is 0 Å². The van der Waals surface area contributed by atoms with Crippen molar-refractivity contribution in [2.24, 2.45) is 7.05 Å². The molecule has 2 heterocycles. The summed E-state index contributed by atoms with van der Waals surface area (Å²) in [5.41, 5.74) is -1.39. The highest BCUT2D eigenvalue weighted by Gasteiger charge is 2.31. The summed E-state index contributed by atoms with van der Waals surface area (Å²) in [6.07, 6.45) is -1.96. The third-order valence-corrected chi connectivity index (χ3v) is 2.99. The molecule has 0 bridgehead atoms. The monoisotopic (exact) mass is 299 g/mol. The van der Waals surface area contributed by atoms with Gasteiger partial charge in [-0.15, -0.1) is 6.58 Å². The second-order valence-electron chi connectivity index (χ2n) is 4.34. The number of alkyl halides is 3. The summed E-state index contributed by atoms with van der Waals surface area (Å²) in [5, 5.41) is 10.0. The van der Waals surface area contributed by atoms with Crippen LogP contribution in [0.3, 0.4) is 0 Å². The predicted molar refractivity (Wildman–Crippen MR) is 69.4 cm³/mol. The van der Waals surface area contributed by atoms with Gasteiger partial charge in [0.15, 0.2) is 0 Å². The van der Waals surface area contributed by atoms with Gasteiger partial charge in [0.05, 0.1) is 11.3 Å². The van der Waals surface area contributed by atoms with E-state index < -0.39 is 23.3 Å². The van der Waals surface area contributed by atoms with Crippen molar-refractivity contribution in [2.75, 3.05) is 0 Å². The highest BCUT2D eigenvalue weighted by Crippen LogP contribution is 2.30. The first-order valence-corrected chi connectivity index (χ1v) is 5.91. The summed E-state index contributed by atoms with van der Waals surface area (Å²) in [5.74, 6) is -0.743. The van der Waals surface area contributed by atoms with Crippen LogP contribution in [0, 0.1) is 0 Å². The molecule has 21 heavy (non-hydrogen) atoms. The van der Waals surface area contributed by atoms with Crippen LogP contribution in [0.5, 0.6) is 5.88 Å². The molecule has 0 saturated heterocycles. The highest BCUT2D eigenvalue weighted by molar-refractivity contribution is 5.36. The van der Waals surface area contributed by atoms with E-state index in [9.17, 15) is 23.1 Å². The quantitative estimate of drug-likeness (QED) is 0.882. The van der Waals surface area contributed by atoms with Crippen molar-refractivity contribution in [3.8, 4) is 11.7 Å². The van der Waals surface area contributed by atoms with Gasteiger partial charge in [-0.25, -0.2) is 14.3 Å². The number of allylic oxidation sites excluding steroid dienone is 1. The Morgan fingerprint density at radius 2 is 2.14 bits per heavy atom. The van der Waals surface area contributed by atoms with E-state index in [1.165, 1.54) is 13.1 Å². The van der Waals surface area contributed by atoms with E-state index in [4.69, 9.17) is 0 Å². The molecule has 0 aliphatic carbocycles. The first kappa shape index (κ1) is 14.9. The number of hydrogen-bond donors (Lipinski definition) is 1. The SMILES string of the molecule is C=CCc1c(O)n(-c2cc(C(F)(F)F)ccn2)c(=O)n1C. The van der Waals surface area contributed by atoms with Crippen LogP contribution < -0.4 is 5.69 Å². The minimum absolute atomic E-state index is 0.198. The van der Waals surface area contributed by atoms with Gasteiger partial charge in [-0.2, -0.15) is 13.2 Å². The third-order valence-electron chi connectivity index (χ3n) is 2.99. The Balaban J connectivity index is 2.66. The Bertz CT molecular complexity index is 744. The maximum Gasteiger partial charge on any atom is 0.416 e. The first-order valence-electron chi connectivity index (χ1n) is 5.91. The van der Waals surface area contributed by atoms with Gasteiger partial charge in [0, 0.05) is 19.7 Å². The zero-order valence-electron chi connectivity index (χ0n) is 11.1. The molecule has 8 heteroatoms. The fourth-order valence-electron chi connectivity index (χ4n) is 1.92. The van der Waals surface area contributed by atoms with Crippen LogP contribution >= 0.6 is 0 Å². The summed E-state index contributed by atoms with van der Waals surface area (Å²) >= 11 is 0. The van der Waals surface area contributed by atoms with Gasteiger partial charge >= 0.3 is 11.9 Å². The predicted octanol–water partition coefficient (Wildman–Crippen LogP) is 2.02. The van der Waals surface area contributed by atoms with Crippen LogP contribution in [0.4, 0.5) is 13.2 Å². The van der Waals surface area contributed by atoms with E-state index in [2.05, 4.69) is 11.6 Å². The number of hydrogen-bond acceptors (Lipinski definition) is 3. The first-order chi connectivity index (χ1) is 9.77. The maximum atomic E-state index is 12.7. The average molecular weight is 299 g/mol. The molecule has 0 aliphatic heterocycles. The summed E-state index contributed by atoms with van der Waals surface area (Å²) in [6.45, 7) is 3.50. The molecular weight excluding hydrogens is 287 g/mol. The van der Waals surface area contributed by atoms with Gasteiger partial charge in [0.25, 0.3) is 0 Å². The van der Waals surface area contributed by atoms with Crippen LogP contribution in [0.15, 0.2) is 35.8 Å². The lowest BCUT2D eigenvalue weighted by molar-refractivity contribution is -0.137. The zero-order valence-corrected chi connectivity index (χ0v) is 11.1. The molecule has 112 valence electrons. The summed E-state index contributed by atoms with van der Waals surface area (Å²) in [4.78, 5) is 15.8. The number of rotatable bonds is 3. The van der Waals surface area contributed by atoms with Crippen LogP contribution in [-0.4, -0.2) is 19.2 Å². The van der Waals surface area contributed by atoms with Crippen molar-refractivity contribution in [1.29, 1.82) is 0 Å². The van der Waals surface area contributed by atoms with Gasteiger partial charge in [-0.1, -0.05) is 6.08 Å². The number of imidazole rings is 1. The number of pyridine rings is 1. The van der Waals surface area contributed by atoms with Gasteiger partial charge in [0.1, 0.15) is 5.82 Å². The summed E-state index contributed by atoms with van der Waals surface area (Å²) in [6, 6.07) is 1.50. The molecule has 0 aromatic carbocycles. The average Bonchev–Trinajstić information content (AvgIpc) is 2.62. The lowest BCUT2D eigenvalue weighted by Crippen LogP contribution is -2.22. The van der Waals surface area contributed by atoms with Gasteiger partial charge < -0.3 is 5.11 Å². The van der Waals surface area contributed by atoms with Crippen molar-refractivity contribution >= 4 is 0 Å². The molecule has 2 rings (SSSR count). The Labute approximate surface area is 117 Å². The van der Waals surface area contributed by atoms with Crippen molar-refractivity contribution in [3.05, 3.63) is 52.7 Å². The normalized spacial score (nSPS) is 11.6. The molecule has 0 amide bonds. The van der Waals surface area contributed by atoms with E-state index in [1.54, 1.807) is 0 Å². The molecule has 0 spiro atoms. The van der Waals surface area contributed by atoms with E-state index in [-0.39, 0.29) is 17.9 Å². The van der Waals surface area contributed by atoms with E-state index in [0.717, 1.165) is 21.4 Å². The van der Waals surface area contributed by atoms with Crippen molar-refractivity contribution in [2.45, 2.75) is 12.6 Å². The third kappa shape index (κ3) is 2.56. The van der Waals surface area contributed by atoms with Gasteiger partial charge in [-0.3, -0.25) is 4.57 Å². The molecule has 0 unspecified atom stereocenters. The van der Waals surface area contributed by atoms with Crippen LogP contribution in [0.1, 0.15) is 11.3 Å². The topological polar surface area (TPSA) is 60.0 Å².